The fourth-order valence-electron chi connectivity index (χ4n) is 1.64. The van der Waals surface area contributed by atoms with Crippen LogP contribution in [0.1, 0.15) is 16.8 Å². The smallest absolute Gasteiger partial charge is 0.252 e. The highest BCUT2D eigenvalue weighted by molar-refractivity contribution is 7.80. The first-order valence-electron chi connectivity index (χ1n) is 5.02. The van der Waals surface area contributed by atoms with Gasteiger partial charge in [-0.3, -0.25) is 9.59 Å². The number of nitrogens with one attached hydrogen (secondary N) is 2. The maximum absolute atomic E-state index is 11.8. The van der Waals surface area contributed by atoms with E-state index in [1.807, 2.05) is 6.07 Å². The topological polar surface area (TPSA) is 58.2 Å². The van der Waals surface area contributed by atoms with Gasteiger partial charge in [0.15, 0.2) is 0 Å². The Hall–Kier alpha value is -1.49. The van der Waals surface area contributed by atoms with Crippen LogP contribution in [0.25, 0.3) is 0 Å². The molecule has 2 amide bonds. The number of amides is 2. The number of hydrogen-bond acceptors (Lipinski definition) is 3. The van der Waals surface area contributed by atoms with E-state index >= 15 is 0 Å². The van der Waals surface area contributed by atoms with E-state index in [1.165, 1.54) is 0 Å². The van der Waals surface area contributed by atoms with Crippen LogP contribution >= 0.6 is 12.6 Å². The average Bonchev–Trinajstić information content (AvgIpc) is 2.64. The summed E-state index contributed by atoms with van der Waals surface area (Å²) in [6.07, 6.45) is 0.348. The molecule has 0 aliphatic carbocycles. The lowest BCUT2D eigenvalue weighted by molar-refractivity contribution is -0.119. The summed E-state index contributed by atoms with van der Waals surface area (Å²) in [4.78, 5) is 23.4. The molecule has 1 aromatic rings. The standard InChI is InChI=1S/C11H12N2O2S/c14-10-5-7(6-12-10)13-11(15)8-3-1-2-4-9(8)16/h1-4,7,16H,5-6H2,(H,12,14)(H,13,15). The third-order valence-electron chi connectivity index (χ3n) is 2.46. The van der Waals surface area contributed by atoms with Gasteiger partial charge in [0, 0.05) is 17.9 Å². The summed E-state index contributed by atoms with van der Waals surface area (Å²) in [5.41, 5.74) is 0.533. The molecular weight excluding hydrogens is 224 g/mol. The highest BCUT2D eigenvalue weighted by atomic mass is 32.1. The van der Waals surface area contributed by atoms with E-state index in [-0.39, 0.29) is 17.9 Å². The first kappa shape index (κ1) is 11.0. The molecule has 0 spiro atoms. The van der Waals surface area contributed by atoms with E-state index in [9.17, 15) is 9.59 Å². The Morgan fingerprint density at radius 3 is 2.81 bits per heavy atom. The molecule has 1 saturated heterocycles. The molecule has 1 atom stereocenters. The fourth-order valence-corrected chi connectivity index (χ4v) is 1.90. The van der Waals surface area contributed by atoms with Crippen LogP contribution in [0.15, 0.2) is 29.2 Å². The Balaban J connectivity index is 2.03. The molecule has 1 aromatic carbocycles. The van der Waals surface area contributed by atoms with Gasteiger partial charge in [-0.05, 0) is 12.1 Å². The van der Waals surface area contributed by atoms with Gasteiger partial charge in [0.1, 0.15) is 0 Å². The normalized spacial score (nSPS) is 19.3. The van der Waals surface area contributed by atoms with Gasteiger partial charge in [0.05, 0.1) is 11.6 Å². The van der Waals surface area contributed by atoms with Gasteiger partial charge in [-0.15, -0.1) is 12.6 Å². The largest absolute Gasteiger partial charge is 0.354 e. The van der Waals surface area contributed by atoms with Crippen LogP contribution in [-0.2, 0) is 4.79 Å². The van der Waals surface area contributed by atoms with E-state index in [2.05, 4.69) is 23.3 Å². The zero-order valence-electron chi connectivity index (χ0n) is 8.56. The molecule has 0 bridgehead atoms. The predicted octanol–water partition coefficient (Wildman–Crippen LogP) is 0.594. The minimum absolute atomic E-state index is 0.0236. The second-order valence-corrected chi connectivity index (χ2v) is 4.18. The molecular formula is C11H12N2O2S. The summed E-state index contributed by atoms with van der Waals surface area (Å²) in [5, 5.41) is 5.46. The zero-order valence-corrected chi connectivity index (χ0v) is 9.46. The number of carbonyl (C=O) groups is 2. The summed E-state index contributed by atoms with van der Waals surface area (Å²) < 4.78 is 0. The van der Waals surface area contributed by atoms with Crippen LogP contribution < -0.4 is 10.6 Å². The van der Waals surface area contributed by atoms with E-state index in [1.54, 1.807) is 18.2 Å². The SMILES string of the molecule is O=C1CC(NC(=O)c2ccccc2S)CN1. The lowest BCUT2D eigenvalue weighted by Gasteiger charge is -2.11. The monoisotopic (exact) mass is 236 g/mol. The van der Waals surface area contributed by atoms with Gasteiger partial charge >= 0.3 is 0 Å². The number of hydrogen-bond donors (Lipinski definition) is 3. The quantitative estimate of drug-likeness (QED) is 0.658. The third-order valence-corrected chi connectivity index (χ3v) is 2.85. The van der Waals surface area contributed by atoms with Crippen LogP contribution in [-0.4, -0.2) is 24.4 Å². The van der Waals surface area contributed by atoms with Gasteiger partial charge in [-0.1, -0.05) is 12.1 Å². The lowest BCUT2D eigenvalue weighted by Crippen LogP contribution is -2.36. The van der Waals surface area contributed by atoms with Gasteiger partial charge < -0.3 is 10.6 Å². The van der Waals surface area contributed by atoms with Crippen LogP contribution in [0, 0.1) is 0 Å². The molecule has 5 heteroatoms. The second-order valence-electron chi connectivity index (χ2n) is 3.70. The number of rotatable bonds is 2. The molecule has 16 heavy (non-hydrogen) atoms. The minimum atomic E-state index is -0.188. The van der Waals surface area contributed by atoms with Gasteiger partial charge in [0.25, 0.3) is 5.91 Å². The molecule has 0 radical (unpaired) electrons. The molecule has 1 heterocycles. The van der Waals surface area contributed by atoms with Crippen molar-refractivity contribution in [2.45, 2.75) is 17.4 Å². The third kappa shape index (κ3) is 2.36. The van der Waals surface area contributed by atoms with Crippen LogP contribution in [0.3, 0.4) is 0 Å². The van der Waals surface area contributed by atoms with Gasteiger partial charge in [0.2, 0.25) is 5.91 Å². The Bertz CT molecular complexity index is 434. The molecule has 0 aromatic heterocycles. The van der Waals surface area contributed by atoms with Crippen molar-refractivity contribution < 1.29 is 9.59 Å². The Labute approximate surface area is 98.8 Å². The van der Waals surface area contributed by atoms with E-state index < -0.39 is 0 Å². The number of carbonyl (C=O) groups excluding carboxylic acids is 2. The Morgan fingerprint density at radius 1 is 1.44 bits per heavy atom. The van der Waals surface area contributed by atoms with Crippen molar-refractivity contribution in [2.24, 2.45) is 0 Å². The second kappa shape index (κ2) is 4.57. The summed E-state index contributed by atoms with van der Waals surface area (Å²) in [5.74, 6) is -0.212. The number of benzene rings is 1. The van der Waals surface area contributed by atoms with Crippen LogP contribution in [0.4, 0.5) is 0 Å². The maximum Gasteiger partial charge on any atom is 0.252 e. The lowest BCUT2D eigenvalue weighted by atomic mass is 10.2. The van der Waals surface area contributed by atoms with Crippen LogP contribution in [0.2, 0.25) is 0 Å². The summed E-state index contributed by atoms with van der Waals surface area (Å²) in [7, 11) is 0. The summed E-state index contributed by atoms with van der Waals surface area (Å²) in [6.45, 7) is 0.499. The first-order valence-corrected chi connectivity index (χ1v) is 5.47. The molecule has 84 valence electrons. The van der Waals surface area contributed by atoms with Gasteiger partial charge in [-0.25, -0.2) is 0 Å². The molecule has 0 saturated carbocycles. The molecule has 1 aliphatic rings. The maximum atomic E-state index is 11.8. The molecule has 1 unspecified atom stereocenters. The van der Waals surface area contributed by atoms with E-state index in [0.29, 0.717) is 23.4 Å². The Kier molecular flexibility index (Phi) is 3.14. The first-order chi connectivity index (χ1) is 7.66. The summed E-state index contributed by atoms with van der Waals surface area (Å²) in [6, 6.07) is 6.96. The van der Waals surface area contributed by atoms with Crippen molar-refractivity contribution in [1.82, 2.24) is 10.6 Å². The van der Waals surface area contributed by atoms with Crippen molar-refractivity contribution in [3.63, 3.8) is 0 Å². The Morgan fingerprint density at radius 2 is 2.19 bits per heavy atom. The predicted molar refractivity (Wildman–Crippen MR) is 62.6 cm³/mol. The number of thiol groups is 1. The highest BCUT2D eigenvalue weighted by Gasteiger charge is 2.23. The minimum Gasteiger partial charge on any atom is -0.354 e. The highest BCUT2D eigenvalue weighted by Crippen LogP contribution is 2.13. The van der Waals surface area contributed by atoms with Crippen molar-refractivity contribution in [3.8, 4) is 0 Å². The van der Waals surface area contributed by atoms with Crippen LogP contribution in [0.5, 0.6) is 0 Å². The van der Waals surface area contributed by atoms with Crippen molar-refractivity contribution in [2.75, 3.05) is 6.54 Å². The molecule has 2 rings (SSSR count). The molecule has 1 aliphatic heterocycles. The zero-order chi connectivity index (χ0) is 11.5. The van der Waals surface area contributed by atoms with E-state index in [0.717, 1.165) is 0 Å². The molecule has 4 nitrogen and oxygen atoms in total. The van der Waals surface area contributed by atoms with Crippen molar-refractivity contribution in [3.05, 3.63) is 29.8 Å². The van der Waals surface area contributed by atoms with Crippen molar-refractivity contribution in [1.29, 1.82) is 0 Å². The summed E-state index contributed by atoms with van der Waals surface area (Å²) >= 11 is 4.21. The average molecular weight is 236 g/mol. The molecule has 2 N–H and O–H groups in total. The van der Waals surface area contributed by atoms with Gasteiger partial charge in [-0.2, -0.15) is 0 Å². The molecule has 1 fully saturated rings. The fraction of sp³-hybridized carbons (Fsp3) is 0.273. The van der Waals surface area contributed by atoms with E-state index in [4.69, 9.17) is 0 Å². The van der Waals surface area contributed by atoms with Crippen molar-refractivity contribution >= 4 is 24.4 Å².